The van der Waals surface area contributed by atoms with Crippen LogP contribution in [0.1, 0.15) is 19.4 Å². The molecule has 3 aromatic rings. The number of benzene rings is 1. The number of ether oxygens (including phenoxy) is 1. The lowest BCUT2D eigenvalue weighted by Crippen LogP contribution is -2.12. The van der Waals surface area contributed by atoms with Crippen LogP contribution >= 0.6 is 11.6 Å². The number of fused-ring (bicyclic) bond motifs is 1. The number of nitrogens with zero attached hydrogens (tertiary/aromatic N) is 3. The Labute approximate surface area is 139 Å². The van der Waals surface area contributed by atoms with E-state index in [4.69, 9.17) is 16.3 Å². The Hall–Kier alpha value is -2.34. The Bertz CT molecular complexity index is 802. The Balaban J connectivity index is 1.65. The highest BCUT2D eigenvalue weighted by molar-refractivity contribution is 6.28. The number of aromatic nitrogens is 4. The van der Waals surface area contributed by atoms with Crippen LogP contribution in [-0.4, -0.2) is 32.6 Å². The Morgan fingerprint density at radius 1 is 1.22 bits per heavy atom. The molecule has 0 aliphatic rings. The maximum Gasteiger partial charge on any atom is 0.322 e. The summed E-state index contributed by atoms with van der Waals surface area (Å²) in [6.07, 6.45) is 2.85. The number of para-hydroxylation sites is 1. The third kappa shape index (κ3) is 3.90. The molecule has 0 atom stereocenters. The van der Waals surface area contributed by atoms with E-state index in [9.17, 15) is 0 Å². The number of H-pyrrole nitrogens is 1. The summed E-state index contributed by atoms with van der Waals surface area (Å²) in [6.45, 7) is 4.49. The van der Waals surface area contributed by atoms with Crippen LogP contribution in [0.25, 0.3) is 10.9 Å². The topological polar surface area (TPSA) is 75.7 Å². The number of hydrogen-bond donors (Lipinski definition) is 2. The average Bonchev–Trinajstić information content (AvgIpc) is 2.89. The zero-order chi connectivity index (χ0) is 16.2. The minimum absolute atomic E-state index is 0.0208. The van der Waals surface area contributed by atoms with Crippen molar-refractivity contribution in [2.75, 3.05) is 11.9 Å². The molecule has 0 fully saturated rings. The summed E-state index contributed by atoms with van der Waals surface area (Å²) >= 11 is 5.90. The van der Waals surface area contributed by atoms with Crippen LogP contribution in [0.4, 0.5) is 5.95 Å². The molecule has 1 aromatic carbocycles. The van der Waals surface area contributed by atoms with Gasteiger partial charge in [0.2, 0.25) is 11.2 Å². The molecule has 2 heterocycles. The van der Waals surface area contributed by atoms with Gasteiger partial charge in [0.05, 0.1) is 6.10 Å². The van der Waals surface area contributed by atoms with Gasteiger partial charge in [0.1, 0.15) is 0 Å². The number of anilines is 1. The number of hydrogen-bond acceptors (Lipinski definition) is 5. The van der Waals surface area contributed by atoms with E-state index in [-0.39, 0.29) is 17.4 Å². The molecule has 0 bridgehead atoms. The maximum atomic E-state index is 5.90. The lowest BCUT2D eigenvalue weighted by Gasteiger charge is -2.09. The highest BCUT2D eigenvalue weighted by Crippen LogP contribution is 2.18. The first-order valence-corrected chi connectivity index (χ1v) is 7.86. The van der Waals surface area contributed by atoms with Gasteiger partial charge in [0.25, 0.3) is 0 Å². The average molecular weight is 332 g/mol. The lowest BCUT2D eigenvalue weighted by atomic mass is 10.1. The fraction of sp³-hybridized carbons (Fsp3) is 0.312. The minimum atomic E-state index is -0.0208. The standard InChI is InChI=1S/C16H18ClN5O/c1-10(2)23-16-21-14(17)20-15(22-16)18-8-7-11-9-19-13-6-4-3-5-12(11)13/h3-6,9-10,19H,7-8H2,1-2H3,(H,18,20,21,22). The molecule has 0 unspecified atom stereocenters. The second-order valence-electron chi connectivity index (χ2n) is 5.41. The third-order valence-corrected chi connectivity index (χ3v) is 3.45. The van der Waals surface area contributed by atoms with Gasteiger partial charge in [-0.15, -0.1) is 0 Å². The van der Waals surface area contributed by atoms with Gasteiger partial charge in [-0.05, 0) is 43.5 Å². The van der Waals surface area contributed by atoms with E-state index in [1.807, 2.05) is 32.2 Å². The Kier molecular flexibility index (Phi) is 4.62. The molecule has 0 saturated heterocycles. The number of aromatic amines is 1. The molecule has 0 saturated carbocycles. The van der Waals surface area contributed by atoms with Crippen molar-refractivity contribution in [2.45, 2.75) is 26.4 Å². The van der Waals surface area contributed by atoms with Crippen LogP contribution < -0.4 is 10.1 Å². The predicted molar refractivity (Wildman–Crippen MR) is 91.1 cm³/mol. The zero-order valence-electron chi connectivity index (χ0n) is 13.0. The van der Waals surface area contributed by atoms with Gasteiger partial charge in [0, 0.05) is 23.6 Å². The summed E-state index contributed by atoms with van der Waals surface area (Å²) in [7, 11) is 0. The van der Waals surface area contributed by atoms with E-state index < -0.39 is 0 Å². The van der Waals surface area contributed by atoms with E-state index in [1.54, 1.807) is 0 Å². The fourth-order valence-electron chi connectivity index (χ4n) is 2.32. The van der Waals surface area contributed by atoms with E-state index in [2.05, 4.69) is 37.4 Å². The monoisotopic (exact) mass is 331 g/mol. The van der Waals surface area contributed by atoms with Gasteiger partial charge in [-0.1, -0.05) is 18.2 Å². The van der Waals surface area contributed by atoms with Crippen molar-refractivity contribution in [1.29, 1.82) is 0 Å². The van der Waals surface area contributed by atoms with Crippen molar-refractivity contribution < 1.29 is 4.74 Å². The largest absolute Gasteiger partial charge is 0.461 e. The summed E-state index contributed by atoms with van der Waals surface area (Å²) in [5.74, 6) is 0.417. The van der Waals surface area contributed by atoms with Crippen LogP contribution in [0.2, 0.25) is 5.28 Å². The van der Waals surface area contributed by atoms with Crippen molar-refractivity contribution in [1.82, 2.24) is 19.9 Å². The summed E-state index contributed by atoms with van der Waals surface area (Å²) < 4.78 is 5.45. The molecule has 120 valence electrons. The molecule has 0 spiro atoms. The fourth-order valence-corrected chi connectivity index (χ4v) is 2.47. The molecule has 7 heteroatoms. The van der Waals surface area contributed by atoms with Gasteiger partial charge in [0.15, 0.2) is 0 Å². The van der Waals surface area contributed by atoms with Gasteiger partial charge in [-0.2, -0.15) is 15.0 Å². The quantitative estimate of drug-likeness (QED) is 0.723. The molecular formula is C16H18ClN5O. The number of nitrogens with one attached hydrogen (secondary N) is 2. The van der Waals surface area contributed by atoms with Crippen LogP contribution in [0.3, 0.4) is 0 Å². The molecule has 0 aliphatic carbocycles. The van der Waals surface area contributed by atoms with Crippen LogP contribution in [0.15, 0.2) is 30.5 Å². The SMILES string of the molecule is CC(C)Oc1nc(Cl)nc(NCCc2c[nH]c3ccccc23)n1. The zero-order valence-corrected chi connectivity index (χ0v) is 13.8. The molecule has 6 nitrogen and oxygen atoms in total. The Morgan fingerprint density at radius 3 is 2.87 bits per heavy atom. The van der Waals surface area contributed by atoms with Crippen molar-refractivity contribution in [3.05, 3.63) is 41.3 Å². The van der Waals surface area contributed by atoms with Crippen molar-refractivity contribution in [3.8, 4) is 6.01 Å². The highest BCUT2D eigenvalue weighted by atomic mass is 35.5. The van der Waals surface area contributed by atoms with Crippen LogP contribution in [0, 0.1) is 0 Å². The molecule has 2 aromatic heterocycles. The second-order valence-corrected chi connectivity index (χ2v) is 5.75. The molecule has 2 N–H and O–H groups in total. The van der Waals surface area contributed by atoms with Gasteiger partial charge in [-0.3, -0.25) is 0 Å². The first kappa shape index (κ1) is 15.6. The van der Waals surface area contributed by atoms with E-state index in [0.717, 1.165) is 11.9 Å². The highest BCUT2D eigenvalue weighted by Gasteiger charge is 2.08. The maximum absolute atomic E-state index is 5.90. The molecule has 3 rings (SSSR count). The number of halogens is 1. The van der Waals surface area contributed by atoms with Crippen molar-refractivity contribution >= 4 is 28.5 Å². The third-order valence-electron chi connectivity index (χ3n) is 3.28. The first-order chi connectivity index (χ1) is 11.1. The van der Waals surface area contributed by atoms with Crippen LogP contribution in [-0.2, 0) is 6.42 Å². The van der Waals surface area contributed by atoms with Crippen molar-refractivity contribution in [3.63, 3.8) is 0 Å². The second kappa shape index (κ2) is 6.83. The van der Waals surface area contributed by atoms with E-state index >= 15 is 0 Å². The summed E-state index contributed by atoms with van der Waals surface area (Å²) in [6, 6.07) is 8.45. The van der Waals surface area contributed by atoms with Crippen molar-refractivity contribution in [2.24, 2.45) is 0 Å². The predicted octanol–water partition coefficient (Wildman–Crippen LogP) is 3.45. The van der Waals surface area contributed by atoms with E-state index in [1.165, 1.54) is 10.9 Å². The van der Waals surface area contributed by atoms with E-state index in [0.29, 0.717) is 12.5 Å². The van der Waals surface area contributed by atoms with Gasteiger partial charge < -0.3 is 15.0 Å². The van der Waals surface area contributed by atoms with Gasteiger partial charge in [-0.25, -0.2) is 0 Å². The Morgan fingerprint density at radius 2 is 2.04 bits per heavy atom. The van der Waals surface area contributed by atoms with Gasteiger partial charge >= 0.3 is 6.01 Å². The molecule has 0 amide bonds. The molecule has 0 aliphatic heterocycles. The number of rotatable bonds is 6. The summed E-state index contributed by atoms with van der Waals surface area (Å²) in [5.41, 5.74) is 2.38. The summed E-state index contributed by atoms with van der Waals surface area (Å²) in [5, 5.41) is 4.51. The lowest BCUT2D eigenvalue weighted by molar-refractivity contribution is 0.222. The molecular weight excluding hydrogens is 314 g/mol. The minimum Gasteiger partial charge on any atom is -0.461 e. The smallest absolute Gasteiger partial charge is 0.322 e. The summed E-state index contributed by atoms with van der Waals surface area (Å²) in [4.78, 5) is 15.5. The molecule has 0 radical (unpaired) electrons. The normalized spacial score (nSPS) is 11.1. The van der Waals surface area contributed by atoms with Crippen LogP contribution in [0.5, 0.6) is 6.01 Å². The first-order valence-electron chi connectivity index (χ1n) is 7.49. The molecule has 23 heavy (non-hydrogen) atoms.